The van der Waals surface area contributed by atoms with Crippen LogP contribution < -0.4 is 10.5 Å². The maximum absolute atomic E-state index is 5.97. The third-order valence-electron chi connectivity index (χ3n) is 3.08. The van der Waals surface area contributed by atoms with Gasteiger partial charge in [-0.05, 0) is 30.5 Å². The van der Waals surface area contributed by atoms with E-state index in [1.165, 1.54) is 0 Å². The van der Waals surface area contributed by atoms with E-state index in [9.17, 15) is 0 Å². The molecule has 0 bridgehead atoms. The first kappa shape index (κ1) is 12.5. The molecule has 0 heterocycles. The van der Waals surface area contributed by atoms with Gasteiger partial charge in [-0.3, -0.25) is 0 Å². The molecule has 94 valence electrons. The molecule has 2 aromatic carbocycles. The normalized spacial score (nSPS) is 12.1. The number of nitrogens with two attached hydrogens (primary N) is 1. The quantitative estimate of drug-likeness (QED) is 0.822. The summed E-state index contributed by atoms with van der Waals surface area (Å²) in [5, 5.41) is 0. The summed E-state index contributed by atoms with van der Waals surface area (Å²) >= 11 is 0. The molecule has 0 amide bonds. The van der Waals surface area contributed by atoms with Crippen LogP contribution in [0.2, 0.25) is 0 Å². The Kier molecular flexibility index (Phi) is 3.88. The lowest BCUT2D eigenvalue weighted by atomic mass is 10.1. The van der Waals surface area contributed by atoms with Crippen LogP contribution in [0.15, 0.2) is 48.5 Å². The Morgan fingerprint density at radius 3 is 2.44 bits per heavy atom. The van der Waals surface area contributed by atoms with Gasteiger partial charge in [0, 0.05) is 11.8 Å². The van der Waals surface area contributed by atoms with Gasteiger partial charge >= 0.3 is 0 Å². The number of hydrogen-bond acceptors (Lipinski definition) is 2. The Bertz CT molecular complexity index is 508. The fourth-order valence-corrected chi connectivity index (χ4v) is 1.96. The minimum atomic E-state index is 0.0260. The average molecular weight is 241 g/mol. The van der Waals surface area contributed by atoms with Gasteiger partial charge in [-0.15, -0.1) is 0 Å². The van der Waals surface area contributed by atoms with Crippen molar-refractivity contribution in [1.29, 1.82) is 0 Å². The lowest BCUT2D eigenvalue weighted by Gasteiger charge is -2.16. The van der Waals surface area contributed by atoms with Gasteiger partial charge in [-0.25, -0.2) is 0 Å². The summed E-state index contributed by atoms with van der Waals surface area (Å²) < 4.78 is 5.90. The van der Waals surface area contributed by atoms with Crippen molar-refractivity contribution in [2.45, 2.75) is 26.4 Å². The molecule has 0 aliphatic rings. The molecule has 2 rings (SSSR count). The van der Waals surface area contributed by atoms with Gasteiger partial charge in [0.05, 0.1) is 0 Å². The molecule has 2 heteroatoms. The van der Waals surface area contributed by atoms with Gasteiger partial charge in [-0.1, -0.05) is 43.3 Å². The highest BCUT2D eigenvalue weighted by Gasteiger charge is 2.07. The second-order valence-corrected chi connectivity index (χ2v) is 4.38. The van der Waals surface area contributed by atoms with E-state index in [1.54, 1.807) is 0 Å². The van der Waals surface area contributed by atoms with Crippen LogP contribution in [0.1, 0.15) is 31.1 Å². The Hall–Kier alpha value is -1.96. The highest BCUT2D eigenvalue weighted by Crippen LogP contribution is 2.25. The number of nitrogen functional groups attached to an aromatic ring is 1. The molecule has 1 unspecified atom stereocenters. The van der Waals surface area contributed by atoms with Crippen LogP contribution in [0, 0.1) is 0 Å². The Morgan fingerprint density at radius 1 is 1.11 bits per heavy atom. The maximum atomic E-state index is 5.97. The molecule has 0 aliphatic carbocycles. The monoisotopic (exact) mass is 241 g/mol. The van der Waals surface area contributed by atoms with E-state index in [2.05, 4.69) is 19.1 Å². The highest BCUT2D eigenvalue weighted by molar-refractivity contribution is 5.51. The molecule has 2 N–H and O–H groups in total. The van der Waals surface area contributed by atoms with Crippen molar-refractivity contribution < 1.29 is 4.74 Å². The molecule has 0 saturated heterocycles. The maximum Gasteiger partial charge on any atom is 0.122 e. The SMILES string of the molecule is CCc1ccc(OC(C)c2ccccc2)cc1N. The third-order valence-corrected chi connectivity index (χ3v) is 3.08. The molecule has 0 spiro atoms. The summed E-state index contributed by atoms with van der Waals surface area (Å²) in [4.78, 5) is 0. The fraction of sp³-hybridized carbons (Fsp3) is 0.250. The first-order chi connectivity index (χ1) is 8.70. The summed E-state index contributed by atoms with van der Waals surface area (Å²) in [7, 11) is 0. The van der Waals surface area contributed by atoms with E-state index < -0.39 is 0 Å². The molecular formula is C16H19NO. The second kappa shape index (κ2) is 5.58. The van der Waals surface area contributed by atoms with E-state index in [0.29, 0.717) is 0 Å². The van der Waals surface area contributed by atoms with E-state index >= 15 is 0 Å². The second-order valence-electron chi connectivity index (χ2n) is 4.38. The van der Waals surface area contributed by atoms with Crippen LogP contribution in [-0.2, 0) is 6.42 Å². The van der Waals surface area contributed by atoms with E-state index in [1.807, 2.05) is 43.3 Å². The molecular weight excluding hydrogens is 222 g/mol. The molecule has 0 aliphatic heterocycles. The van der Waals surface area contributed by atoms with E-state index in [0.717, 1.165) is 29.0 Å². The van der Waals surface area contributed by atoms with Crippen molar-refractivity contribution in [3.8, 4) is 5.75 Å². The van der Waals surface area contributed by atoms with Crippen LogP contribution >= 0.6 is 0 Å². The van der Waals surface area contributed by atoms with Crippen molar-refractivity contribution in [2.24, 2.45) is 0 Å². The van der Waals surface area contributed by atoms with E-state index in [4.69, 9.17) is 10.5 Å². The van der Waals surface area contributed by atoms with Gasteiger partial charge in [0.15, 0.2) is 0 Å². The zero-order chi connectivity index (χ0) is 13.0. The van der Waals surface area contributed by atoms with Gasteiger partial charge in [0.25, 0.3) is 0 Å². The van der Waals surface area contributed by atoms with Crippen molar-refractivity contribution in [2.75, 3.05) is 5.73 Å². The molecule has 0 saturated carbocycles. The molecule has 0 aromatic heterocycles. The number of rotatable bonds is 4. The molecule has 0 radical (unpaired) electrons. The highest BCUT2D eigenvalue weighted by atomic mass is 16.5. The summed E-state index contributed by atoms with van der Waals surface area (Å²) in [6.07, 6.45) is 0.971. The average Bonchev–Trinajstić information content (AvgIpc) is 2.40. The van der Waals surface area contributed by atoms with Crippen molar-refractivity contribution in [3.05, 3.63) is 59.7 Å². The first-order valence-corrected chi connectivity index (χ1v) is 6.30. The van der Waals surface area contributed by atoms with Crippen LogP contribution in [0.4, 0.5) is 5.69 Å². The number of benzene rings is 2. The summed E-state index contributed by atoms with van der Waals surface area (Å²) in [6, 6.07) is 16.1. The largest absolute Gasteiger partial charge is 0.486 e. The third kappa shape index (κ3) is 2.83. The fourth-order valence-electron chi connectivity index (χ4n) is 1.96. The molecule has 1 atom stereocenters. The summed E-state index contributed by atoms with van der Waals surface area (Å²) in [5.41, 5.74) is 9.09. The lowest BCUT2D eigenvalue weighted by Crippen LogP contribution is -2.03. The molecule has 2 nitrogen and oxygen atoms in total. The smallest absolute Gasteiger partial charge is 0.122 e. The zero-order valence-corrected chi connectivity index (χ0v) is 10.9. The minimum absolute atomic E-state index is 0.0260. The summed E-state index contributed by atoms with van der Waals surface area (Å²) in [6.45, 7) is 4.14. The Labute approximate surface area is 108 Å². The van der Waals surface area contributed by atoms with Crippen LogP contribution in [0.3, 0.4) is 0 Å². The molecule has 0 fully saturated rings. The number of aryl methyl sites for hydroxylation is 1. The standard InChI is InChI=1S/C16H19NO/c1-3-13-9-10-15(11-16(13)17)18-12(2)14-7-5-4-6-8-14/h4-12H,3,17H2,1-2H3. The Balaban J connectivity index is 2.12. The minimum Gasteiger partial charge on any atom is -0.486 e. The first-order valence-electron chi connectivity index (χ1n) is 6.30. The number of ether oxygens (including phenoxy) is 1. The van der Waals surface area contributed by atoms with E-state index in [-0.39, 0.29) is 6.10 Å². The molecule has 2 aromatic rings. The lowest BCUT2D eigenvalue weighted by molar-refractivity contribution is 0.227. The van der Waals surface area contributed by atoms with Crippen molar-refractivity contribution >= 4 is 5.69 Å². The Morgan fingerprint density at radius 2 is 1.83 bits per heavy atom. The van der Waals surface area contributed by atoms with Gasteiger partial charge in [0.2, 0.25) is 0 Å². The molecule has 18 heavy (non-hydrogen) atoms. The van der Waals surface area contributed by atoms with Crippen molar-refractivity contribution in [3.63, 3.8) is 0 Å². The van der Waals surface area contributed by atoms with Crippen LogP contribution in [-0.4, -0.2) is 0 Å². The number of hydrogen-bond donors (Lipinski definition) is 1. The zero-order valence-electron chi connectivity index (χ0n) is 10.9. The predicted molar refractivity (Wildman–Crippen MR) is 75.7 cm³/mol. The van der Waals surface area contributed by atoms with Crippen LogP contribution in [0.5, 0.6) is 5.75 Å². The summed E-state index contributed by atoms with van der Waals surface area (Å²) in [5.74, 6) is 0.820. The van der Waals surface area contributed by atoms with Crippen LogP contribution in [0.25, 0.3) is 0 Å². The van der Waals surface area contributed by atoms with Gasteiger partial charge in [-0.2, -0.15) is 0 Å². The predicted octanol–water partition coefficient (Wildman–Crippen LogP) is 3.97. The topological polar surface area (TPSA) is 35.2 Å². The van der Waals surface area contributed by atoms with Crippen molar-refractivity contribution in [1.82, 2.24) is 0 Å². The van der Waals surface area contributed by atoms with Gasteiger partial charge in [0.1, 0.15) is 11.9 Å². The van der Waals surface area contributed by atoms with Gasteiger partial charge < -0.3 is 10.5 Å². The number of anilines is 1.